The van der Waals surface area contributed by atoms with Gasteiger partial charge in [0.1, 0.15) is 11.5 Å². The molecule has 5 rings (SSSR count). The van der Waals surface area contributed by atoms with E-state index in [1.807, 2.05) is 36.4 Å². The largest absolute Gasteiger partial charge is 0.618 e. The number of amides is 1. The van der Waals surface area contributed by atoms with E-state index in [-0.39, 0.29) is 4.90 Å². The first-order valence-corrected chi connectivity index (χ1v) is 13.4. The number of hydrogen-bond acceptors (Lipinski definition) is 7. The van der Waals surface area contributed by atoms with Crippen LogP contribution in [0.5, 0.6) is 5.75 Å². The van der Waals surface area contributed by atoms with Crippen molar-refractivity contribution in [2.24, 2.45) is 0 Å². The van der Waals surface area contributed by atoms with Crippen molar-refractivity contribution in [2.75, 3.05) is 50.4 Å². The van der Waals surface area contributed by atoms with E-state index in [9.17, 15) is 18.4 Å². The van der Waals surface area contributed by atoms with Crippen molar-refractivity contribution in [2.45, 2.75) is 17.9 Å². The van der Waals surface area contributed by atoms with Crippen molar-refractivity contribution in [3.63, 3.8) is 0 Å². The lowest BCUT2D eigenvalue weighted by molar-refractivity contribution is -0.587. The first kappa shape index (κ1) is 23.5. The Balaban J connectivity index is 1.07. The lowest BCUT2D eigenvalue weighted by Crippen LogP contribution is -2.48. The molecular weight excluding hydrogens is 468 g/mol. The van der Waals surface area contributed by atoms with Gasteiger partial charge in [-0.2, -0.15) is 4.73 Å². The number of pyridine rings is 1. The van der Waals surface area contributed by atoms with Gasteiger partial charge >= 0.3 is 0 Å². The van der Waals surface area contributed by atoms with Gasteiger partial charge in [0.25, 0.3) is 0 Å². The van der Waals surface area contributed by atoms with Gasteiger partial charge in [-0.3, -0.25) is 9.69 Å². The predicted octanol–water partition coefficient (Wildman–Crippen LogP) is 1.79. The average Bonchev–Trinajstić information content (AvgIpc) is 2.84. The van der Waals surface area contributed by atoms with Gasteiger partial charge in [0, 0.05) is 56.3 Å². The second kappa shape index (κ2) is 9.80. The SMILES string of the molecule is O=C1CS(=O)(=O)c2cc(OCCCN3CCN(Cc4ccc5ccccc5[n+]4[O-])CC3)ccc2N1. The molecule has 1 N–H and O–H groups in total. The van der Waals surface area contributed by atoms with Crippen molar-refractivity contribution in [3.05, 3.63) is 65.5 Å². The molecule has 3 heterocycles. The van der Waals surface area contributed by atoms with Gasteiger partial charge in [0.15, 0.2) is 9.84 Å². The summed E-state index contributed by atoms with van der Waals surface area (Å²) in [5.41, 5.74) is 1.76. The Hall–Kier alpha value is -3.21. The highest BCUT2D eigenvalue weighted by Gasteiger charge is 2.29. The van der Waals surface area contributed by atoms with Gasteiger partial charge in [0.2, 0.25) is 17.1 Å². The molecule has 3 aromatic rings. The topological polar surface area (TPSA) is 106 Å². The number of nitrogens with one attached hydrogen (secondary N) is 1. The number of benzene rings is 2. The molecule has 184 valence electrons. The molecule has 9 nitrogen and oxygen atoms in total. The summed E-state index contributed by atoms with van der Waals surface area (Å²) >= 11 is 0. The fourth-order valence-electron chi connectivity index (χ4n) is 4.61. The molecule has 35 heavy (non-hydrogen) atoms. The number of sulfone groups is 1. The lowest BCUT2D eigenvalue weighted by atomic mass is 10.2. The minimum atomic E-state index is -3.63. The first-order valence-electron chi connectivity index (χ1n) is 11.7. The molecule has 0 saturated carbocycles. The van der Waals surface area contributed by atoms with Crippen LogP contribution in [0.4, 0.5) is 5.69 Å². The molecule has 0 unspecified atom stereocenters. The van der Waals surface area contributed by atoms with E-state index in [2.05, 4.69) is 15.1 Å². The molecule has 0 atom stereocenters. The van der Waals surface area contributed by atoms with E-state index in [1.54, 1.807) is 12.1 Å². The van der Waals surface area contributed by atoms with Crippen LogP contribution in [0.2, 0.25) is 0 Å². The average molecular weight is 497 g/mol. The van der Waals surface area contributed by atoms with Crippen molar-refractivity contribution in [1.82, 2.24) is 9.80 Å². The second-order valence-corrected chi connectivity index (χ2v) is 10.9. The standard InChI is InChI=1S/C25H28N4O5S/c30-25-18-35(32,33)24-16-21(8-9-22(24)26-25)34-15-3-10-27-11-13-28(14-12-27)17-20-7-6-19-4-1-2-5-23(19)29(20)31/h1-2,4-9,16H,3,10-15,17-18H2,(H,26,30). The Morgan fingerprint density at radius 2 is 1.77 bits per heavy atom. The van der Waals surface area contributed by atoms with E-state index >= 15 is 0 Å². The molecular formula is C25H28N4O5S. The number of nitrogens with zero attached hydrogens (tertiary/aromatic N) is 3. The Morgan fingerprint density at radius 1 is 1.00 bits per heavy atom. The first-order chi connectivity index (χ1) is 16.9. The van der Waals surface area contributed by atoms with Crippen LogP contribution in [-0.4, -0.2) is 69.2 Å². The zero-order valence-corrected chi connectivity index (χ0v) is 20.2. The summed E-state index contributed by atoms with van der Waals surface area (Å²) in [4.78, 5) is 16.3. The number of fused-ring (bicyclic) bond motifs is 2. The van der Waals surface area contributed by atoms with E-state index in [4.69, 9.17) is 4.74 Å². The summed E-state index contributed by atoms with van der Waals surface area (Å²) in [6.07, 6.45) is 0.811. The molecule has 2 aromatic carbocycles. The Labute approximate surface area is 204 Å². The number of hydrogen-bond donors (Lipinski definition) is 1. The number of para-hydroxylation sites is 1. The van der Waals surface area contributed by atoms with Crippen molar-refractivity contribution in [1.29, 1.82) is 0 Å². The van der Waals surface area contributed by atoms with Gasteiger partial charge in [-0.25, -0.2) is 8.42 Å². The fourth-order valence-corrected chi connectivity index (χ4v) is 5.93. The number of piperazine rings is 1. The monoisotopic (exact) mass is 496 g/mol. The molecule has 2 aliphatic heterocycles. The van der Waals surface area contributed by atoms with Gasteiger partial charge in [0.05, 0.1) is 23.7 Å². The molecule has 0 spiro atoms. The van der Waals surface area contributed by atoms with Crippen molar-refractivity contribution < 1.29 is 22.7 Å². The van der Waals surface area contributed by atoms with E-state index in [1.165, 1.54) is 6.07 Å². The van der Waals surface area contributed by atoms with E-state index in [0.29, 0.717) is 30.1 Å². The Bertz CT molecular complexity index is 1350. The van der Waals surface area contributed by atoms with Crippen molar-refractivity contribution in [3.8, 4) is 5.75 Å². The minimum absolute atomic E-state index is 0.108. The lowest BCUT2D eigenvalue weighted by Gasteiger charge is -2.34. The molecule has 1 fully saturated rings. The summed E-state index contributed by atoms with van der Waals surface area (Å²) in [7, 11) is -3.63. The van der Waals surface area contributed by atoms with Gasteiger partial charge in [-0.1, -0.05) is 12.1 Å². The number of ether oxygens (including phenoxy) is 1. The van der Waals surface area contributed by atoms with Crippen molar-refractivity contribution >= 4 is 32.3 Å². The van der Waals surface area contributed by atoms with E-state index in [0.717, 1.165) is 55.0 Å². The Morgan fingerprint density at radius 3 is 2.60 bits per heavy atom. The number of aromatic nitrogens is 1. The fraction of sp³-hybridized carbons (Fsp3) is 0.360. The molecule has 2 aliphatic rings. The smallest absolute Gasteiger partial charge is 0.239 e. The number of carbonyl (C=O) groups excluding carboxylic acids is 1. The molecule has 0 aliphatic carbocycles. The van der Waals surface area contributed by atoms with Crippen LogP contribution < -0.4 is 14.8 Å². The third-order valence-corrected chi connectivity index (χ3v) is 8.14. The summed E-state index contributed by atoms with van der Waals surface area (Å²) in [6.45, 7) is 5.60. The zero-order valence-electron chi connectivity index (χ0n) is 19.4. The van der Waals surface area contributed by atoms with Crippen LogP contribution in [0.1, 0.15) is 12.1 Å². The maximum absolute atomic E-state index is 12.7. The highest BCUT2D eigenvalue weighted by atomic mass is 32.2. The Kier molecular flexibility index (Phi) is 6.59. The highest BCUT2D eigenvalue weighted by molar-refractivity contribution is 7.92. The van der Waals surface area contributed by atoms with Crippen LogP contribution in [0.25, 0.3) is 10.9 Å². The third-order valence-electron chi connectivity index (χ3n) is 6.49. The molecule has 10 heteroatoms. The van der Waals surface area contributed by atoms with Gasteiger partial charge in [-0.15, -0.1) is 0 Å². The number of rotatable bonds is 7. The van der Waals surface area contributed by atoms with E-state index < -0.39 is 21.5 Å². The summed E-state index contributed by atoms with van der Waals surface area (Å²) in [5, 5.41) is 16.2. The molecule has 1 aromatic heterocycles. The molecule has 0 bridgehead atoms. The zero-order chi connectivity index (χ0) is 24.4. The maximum atomic E-state index is 12.7. The predicted molar refractivity (Wildman–Crippen MR) is 132 cm³/mol. The normalized spacial score (nSPS) is 18.2. The molecule has 0 radical (unpaired) electrons. The van der Waals surface area contributed by atoms with Crippen LogP contribution in [0.15, 0.2) is 59.5 Å². The van der Waals surface area contributed by atoms with Crippen LogP contribution in [-0.2, 0) is 21.2 Å². The van der Waals surface area contributed by atoms with Crippen LogP contribution in [0, 0.1) is 5.21 Å². The second-order valence-electron chi connectivity index (χ2n) is 8.96. The quantitative estimate of drug-likeness (QED) is 0.302. The van der Waals surface area contributed by atoms with Crippen LogP contribution in [0.3, 0.4) is 0 Å². The number of anilines is 1. The summed E-state index contributed by atoms with van der Waals surface area (Å²) < 4.78 is 31.3. The third kappa shape index (κ3) is 5.24. The molecule has 1 amide bonds. The summed E-state index contributed by atoms with van der Waals surface area (Å²) in [5.74, 6) is -0.573. The van der Waals surface area contributed by atoms with Gasteiger partial charge < -0.3 is 20.2 Å². The minimum Gasteiger partial charge on any atom is -0.618 e. The summed E-state index contributed by atoms with van der Waals surface area (Å²) in [6, 6.07) is 16.3. The molecule has 1 saturated heterocycles. The van der Waals surface area contributed by atoms with Gasteiger partial charge in [-0.05, 0) is 30.7 Å². The van der Waals surface area contributed by atoms with Crippen LogP contribution >= 0.6 is 0 Å². The highest BCUT2D eigenvalue weighted by Crippen LogP contribution is 2.30. The number of carbonyl (C=O) groups is 1. The maximum Gasteiger partial charge on any atom is 0.239 e.